The van der Waals surface area contributed by atoms with E-state index in [1.807, 2.05) is 0 Å². The Hall–Kier alpha value is -8.34. The highest BCUT2D eigenvalue weighted by Gasteiger charge is 2.61. The number of hydrogen-bond donors (Lipinski definition) is 0. The third-order valence-corrected chi connectivity index (χ3v) is 20.2. The van der Waals surface area contributed by atoms with Gasteiger partial charge in [-0.15, -0.1) is 0 Å². The average Bonchev–Trinajstić information content (AvgIpc) is 1.67. The molecule has 0 aromatic heterocycles. The molecule has 84 heavy (non-hydrogen) atoms. The maximum atomic E-state index is 2.85. The van der Waals surface area contributed by atoms with Gasteiger partial charge in [-0.1, -0.05) is 238 Å². The van der Waals surface area contributed by atoms with Crippen LogP contribution in [0.2, 0.25) is 0 Å². The first-order chi connectivity index (χ1) is 40.5. The molecule has 0 amide bonds. The van der Waals surface area contributed by atoms with Crippen LogP contribution in [0.3, 0.4) is 0 Å². The minimum atomic E-state index is -0.309. The first kappa shape index (κ1) is 52.5. The Morgan fingerprint density at radius 1 is 0.393 bits per heavy atom. The minimum Gasteiger partial charge on any atom is -0.334 e. The van der Waals surface area contributed by atoms with E-state index in [1.54, 1.807) is 0 Å². The van der Waals surface area contributed by atoms with Gasteiger partial charge in [-0.3, -0.25) is 0 Å². The maximum Gasteiger partial charge on any atom is 0.252 e. The molecule has 10 aromatic rings. The van der Waals surface area contributed by atoms with Crippen LogP contribution in [-0.4, -0.2) is 12.3 Å². The van der Waals surface area contributed by atoms with Crippen molar-refractivity contribution in [3.05, 3.63) is 258 Å². The molecular weight excluding hydrogens is 1010 g/mol. The molecule has 2 aliphatic carbocycles. The van der Waals surface area contributed by atoms with Gasteiger partial charge < -0.3 is 14.7 Å². The number of benzene rings is 10. The predicted molar refractivity (Wildman–Crippen MR) is 358 cm³/mol. The van der Waals surface area contributed by atoms with Gasteiger partial charge in [0.05, 0.1) is 11.2 Å². The van der Waals surface area contributed by atoms with E-state index in [9.17, 15) is 0 Å². The van der Waals surface area contributed by atoms with Gasteiger partial charge in [0.25, 0.3) is 6.71 Å². The Balaban J connectivity index is 1.08. The van der Waals surface area contributed by atoms with Crippen molar-refractivity contribution in [1.29, 1.82) is 0 Å². The van der Waals surface area contributed by atoms with Crippen LogP contribution >= 0.6 is 0 Å². The molecule has 3 nitrogen and oxygen atoms in total. The molecule has 15 rings (SSSR count). The summed E-state index contributed by atoms with van der Waals surface area (Å²) in [5.74, 6) is 0. The second-order valence-corrected chi connectivity index (χ2v) is 28.2. The van der Waals surface area contributed by atoms with Crippen LogP contribution in [0.4, 0.5) is 45.5 Å². The molecule has 4 heteroatoms. The van der Waals surface area contributed by atoms with E-state index in [0.717, 1.165) is 37.8 Å². The van der Waals surface area contributed by atoms with Gasteiger partial charge in [-0.05, 0) is 181 Å². The molecule has 1 fully saturated rings. The van der Waals surface area contributed by atoms with Gasteiger partial charge >= 0.3 is 0 Å². The van der Waals surface area contributed by atoms with E-state index < -0.39 is 0 Å². The number of rotatable bonds is 7. The molecule has 2 atom stereocenters. The molecule has 3 heterocycles. The minimum absolute atomic E-state index is 0.0508. The third kappa shape index (κ3) is 8.13. The summed E-state index contributed by atoms with van der Waals surface area (Å²) in [7, 11) is 0. The normalized spacial score (nSPS) is 19.1. The fraction of sp³-hybridized carbons (Fsp3) is 0.250. The molecule has 414 valence electrons. The number of anilines is 8. The van der Waals surface area contributed by atoms with Gasteiger partial charge in [0, 0.05) is 50.8 Å². The summed E-state index contributed by atoms with van der Waals surface area (Å²) in [4.78, 5) is 8.25. The Bertz CT molecular complexity index is 4220. The second-order valence-electron chi connectivity index (χ2n) is 28.2. The van der Waals surface area contributed by atoms with Crippen LogP contribution in [0, 0.1) is 5.41 Å². The van der Waals surface area contributed by atoms with Gasteiger partial charge in [-0.25, -0.2) is 0 Å². The number of fused-ring (bicyclic) bond motifs is 8. The highest BCUT2D eigenvalue weighted by molar-refractivity contribution is 7.00. The molecule has 0 saturated heterocycles. The lowest BCUT2D eigenvalue weighted by atomic mass is 9.33. The van der Waals surface area contributed by atoms with Crippen LogP contribution in [0.5, 0.6) is 0 Å². The van der Waals surface area contributed by atoms with E-state index in [2.05, 4.69) is 301 Å². The van der Waals surface area contributed by atoms with Crippen molar-refractivity contribution < 1.29 is 0 Å². The highest BCUT2D eigenvalue weighted by Crippen LogP contribution is 2.65. The van der Waals surface area contributed by atoms with E-state index >= 15 is 0 Å². The largest absolute Gasteiger partial charge is 0.334 e. The highest BCUT2D eigenvalue weighted by atomic mass is 15.3. The quantitative estimate of drug-likeness (QED) is 0.147. The number of hydrogen-bond acceptors (Lipinski definition) is 3. The van der Waals surface area contributed by atoms with E-state index in [1.165, 1.54) is 129 Å². The third-order valence-electron chi connectivity index (χ3n) is 20.2. The van der Waals surface area contributed by atoms with Gasteiger partial charge in [0.1, 0.15) is 0 Å². The second kappa shape index (κ2) is 19.1. The van der Waals surface area contributed by atoms with Crippen molar-refractivity contribution in [3.63, 3.8) is 0 Å². The molecule has 0 radical (unpaired) electrons. The monoisotopic (exact) mass is 1090 g/mol. The molecule has 1 saturated carbocycles. The van der Waals surface area contributed by atoms with Crippen LogP contribution in [0.15, 0.2) is 224 Å². The summed E-state index contributed by atoms with van der Waals surface area (Å²) >= 11 is 0. The predicted octanol–water partition coefficient (Wildman–Crippen LogP) is 19.3. The summed E-state index contributed by atoms with van der Waals surface area (Å²) in [6, 6.07) is 87.2. The standard InChI is InChI=1S/C80H76BN3/c1-76(2,3)60-35-37-61(38-36-60)80-43-22-21-42-79(80,9)84(70-33-20-19-32-66(70)80)64-49-73-75-74(50-64)83(69-41-39-62(77(4,5)6)48-65(69)55-28-17-12-18-29-55)72-47-59-52-78(7,8)51-58(59)45-68(72)81(75)67-40-34-57(54-26-15-11-16-27-54)46-71(67)82(73)63-31-23-30-56(44-63)53-24-13-10-14-25-53/h10-20,23-41,44-50H,21-22,42-43,51-52H2,1-9H3. The van der Waals surface area contributed by atoms with Crippen LogP contribution in [0.25, 0.3) is 33.4 Å². The van der Waals surface area contributed by atoms with Crippen LogP contribution in [0.1, 0.15) is 121 Å². The fourth-order valence-electron chi connectivity index (χ4n) is 16.2. The van der Waals surface area contributed by atoms with Crippen molar-refractivity contribution in [2.24, 2.45) is 5.41 Å². The summed E-state index contributed by atoms with van der Waals surface area (Å²) in [5.41, 5.74) is 29.3. The Morgan fingerprint density at radius 2 is 0.964 bits per heavy atom. The molecule has 0 spiro atoms. The van der Waals surface area contributed by atoms with Crippen LogP contribution < -0.4 is 31.1 Å². The van der Waals surface area contributed by atoms with Gasteiger partial charge in [-0.2, -0.15) is 0 Å². The topological polar surface area (TPSA) is 9.72 Å². The lowest BCUT2D eigenvalue weighted by Gasteiger charge is -2.53. The average molecular weight is 1090 g/mol. The maximum absolute atomic E-state index is 2.85. The fourth-order valence-corrected chi connectivity index (χ4v) is 16.2. The number of nitrogens with zero attached hydrogens (tertiary/aromatic N) is 3. The lowest BCUT2D eigenvalue weighted by Crippen LogP contribution is -2.61. The SMILES string of the molecule is CC1(C)Cc2cc3c(cc2C1)N(c1ccc(C(C)(C)C)cc1-c1ccccc1)c1cc(N2c4ccccc4C4(c5ccc(C(C)(C)C)cc5)CCCCC24C)cc2c1B3c1ccc(-c3ccccc3)cc1N2c1cccc(-c2ccccc2)c1. The smallest absolute Gasteiger partial charge is 0.252 e. The van der Waals surface area contributed by atoms with Crippen LogP contribution in [-0.2, 0) is 29.1 Å². The van der Waals surface area contributed by atoms with Crippen molar-refractivity contribution in [2.75, 3.05) is 14.7 Å². The summed E-state index contributed by atoms with van der Waals surface area (Å²) in [6.45, 7) is 21.6. The zero-order valence-corrected chi connectivity index (χ0v) is 50.5. The molecule has 0 bridgehead atoms. The van der Waals surface area contributed by atoms with Gasteiger partial charge in [0.15, 0.2) is 0 Å². The Labute approximate surface area is 499 Å². The molecule has 5 aliphatic rings. The first-order valence-electron chi connectivity index (χ1n) is 31.0. The molecule has 0 N–H and O–H groups in total. The summed E-state index contributed by atoms with van der Waals surface area (Å²) < 4.78 is 0. The first-order valence-corrected chi connectivity index (χ1v) is 31.0. The number of para-hydroxylation sites is 1. The zero-order chi connectivity index (χ0) is 57.5. The van der Waals surface area contributed by atoms with Crippen molar-refractivity contribution >= 4 is 68.6 Å². The van der Waals surface area contributed by atoms with E-state index in [0.29, 0.717) is 0 Å². The molecule has 2 unspecified atom stereocenters. The van der Waals surface area contributed by atoms with E-state index in [-0.39, 0.29) is 33.9 Å². The molecule has 3 aliphatic heterocycles. The summed E-state index contributed by atoms with van der Waals surface area (Å²) in [6.07, 6.45) is 6.60. The van der Waals surface area contributed by atoms with Gasteiger partial charge in [0.2, 0.25) is 0 Å². The molecule has 10 aromatic carbocycles. The summed E-state index contributed by atoms with van der Waals surface area (Å²) in [5, 5.41) is 0. The molecular formula is C80H76BN3. The van der Waals surface area contributed by atoms with Crippen molar-refractivity contribution in [3.8, 4) is 33.4 Å². The lowest BCUT2D eigenvalue weighted by molar-refractivity contribution is 0.215. The zero-order valence-electron chi connectivity index (χ0n) is 50.5. The van der Waals surface area contributed by atoms with Crippen molar-refractivity contribution in [1.82, 2.24) is 0 Å². The Kier molecular flexibility index (Phi) is 11.9. The van der Waals surface area contributed by atoms with E-state index in [4.69, 9.17) is 0 Å². The Morgan fingerprint density at radius 3 is 1.64 bits per heavy atom. The van der Waals surface area contributed by atoms with Crippen molar-refractivity contribution in [2.45, 2.75) is 123 Å².